The maximum absolute atomic E-state index is 13.6. The molecule has 1 aromatic rings. The minimum Gasteiger partial charge on any atom is -0.384 e. The molecule has 1 unspecified atom stereocenters. The molecule has 1 aromatic carbocycles. The van der Waals surface area contributed by atoms with E-state index in [1.807, 2.05) is 6.07 Å². The highest BCUT2D eigenvalue weighted by molar-refractivity contribution is 5.95. The average molecular weight is 290 g/mol. The third-order valence-corrected chi connectivity index (χ3v) is 4.58. The van der Waals surface area contributed by atoms with Crippen LogP contribution in [0.1, 0.15) is 30.4 Å². The molecule has 3 rings (SSSR count). The van der Waals surface area contributed by atoms with Crippen LogP contribution < -0.4 is 5.73 Å². The van der Waals surface area contributed by atoms with Crippen molar-refractivity contribution in [1.82, 2.24) is 9.80 Å². The summed E-state index contributed by atoms with van der Waals surface area (Å²) in [6, 6.07) is 5.36. The van der Waals surface area contributed by atoms with E-state index >= 15 is 0 Å². The van der Waals surface area contributed by atoms with E-state index in [9.17, 15) is 4.39 Å². The zero-order valence-electron chi connectivity index (χ0n) is 12.3. The summed E-state index contributed by atoms with van der Waals surface area (Å²) in [4.78, 5) is 4.97. The summed E-state index contributed by atoms with van der Waals surface area (Å²) >= 11 is 0. The molecular formula is C16H23FN4. The number of nitrogen functional groups attached to an aromatic ring is 1. The normalized spacial score (nSPS) is 23.8. The summed E-state index contributed by atoms with van der Waals surface area (Å²) in [7, 11) is 0. The Hall–Kier alpha value is -1.46. The Balaban J connectivity index is 1.63. The fourth-order valence-electron chi connectivity index (χ4n) is 3.52. The van der Waals surface area contributed by atoms with Crippen molar-refractivity contribution in [3.63, 3.8) is 0 Å². The van der Waals surface area contributed by atoms with Crippen LogP contribution in [0.3, 0.4) is 0 Å². The number of hydrogen-bond donors (Lipinski definition) is 2. The van der Waals surface area contributed by atoms with Crippen molar-refractivity contribution in [1.29, 1.82) is 5.41 Å². The molecule has 114 valence electrons. The Morgan fingerprint density at radius 2 is 2.00 bits per heavy atom. The number of nitrogens with two attached hydrogens (primary N) is 1. The van der Waals surface area contributed by atoms with Crippen molar-refractivity contribution >= 4 is 5.84 Å². The highest BCUT2D eigenvalue weighted by Crippen LogP contribution is 2.22. The van der Waals surface area contributed by atoms with Crippen molar-refractivity contribution in [2.75, 3.05) is 26.2 Å². The van der Waals surface area contributed by atoms with Gasteiger partial charge in [-0.3, -0.25) is 15.2 Å². The molecule has 2 fully saturated rings. The van der Waals surface area contributed by atoms with Gasteiger partial charge in [0.1, 0.15) is 11.7 Å². The molecule has 2 saturated heterocycles. The molecule has 5 heteroatoms. The van der Waals surface area contributed by atoms with Crippen LogP contribution in [-0.2, 0) is 6.54 Å². The lowest BCUT2D eigenvalue weighted by Crippen LogP contribution is -2.35. The quantitative estimate of drug-likeness (QED) is 0.656. The van der Waals surface area contributed by atoms with E-state index in [0.29, 0.717) is 11.6 Å². The van der Waals surface area contributed by atoms with Gasteiger partial charge in [0.15, 0.2) is 0 Å². The number of amidine groups is 1. The first-order chi connectivity index (χ1) is 10.1. The molecule has 0 spiro atoms. The van der Waals surface area contributed by atoms with Crippen LogP contribution in [0.25, 0.3) is 0 Å². The van der Waals surface area contributed by atoms with Gasteiger partial charge in [-0.1, -0.05) is 0 Å². The van der Waals surface area contributed by atoms with Crippen molar-refractivity contribution in [3.05, 3.63) is 35.1 Å². The van der Waals surface area contributed by atoms with Gasteiger partial charge in [0, 0.05) is 31.2 Å². The molecule has 0 radical (unpaired) electrons. The van der Waals surface area contributed by atoms with E-state index in [4.69, 9.17) is 11.1 Å². The Morgan fingerprint density at radius 3 is 2.71 bits per heavy atom. The Bertz CT molecular complexity index is 525. The lowest BCUT2D eigenvalue weighted by atomic mass is 10.1. The van der Waals surface area contributed by atoms with Gasteiger partial charge in [-0.2, -0.15) is 0 Å². The third kappa shape index (κ3) is 3.41. The lowest BCUT2D eigenvalue weighted by molar-refractivity contribution is 0.230. The first-order valence-electron chi connectivity index (χ1n) is 7.72. The van der Waals surface area contributed by atoms with Crippen LogP contribution in [-0.4, -0.2) is 47.9 Å². The summed E-state index contributed by atoms with van der Waals surface area (Å²) in [6.45, 7) is 5.32. The predicted octanol–water partition coefficient (Wildman–Crippen LogP) is 1.78. The fourth-order valence-corrected chi connectivity index (χ4v) is 3.52. The van der Waals surface area contributed by atoms with Gasteiger partial charge in [0.05, 0.1) is 0 Å². The number of nitrogens with one attached hydrogen (secondary N) is 1. The number of rotatable bonds is 4. The monoisotopic (exact) mass is 290 g/mol. The van der Waals surface area contributed by atoms with Crippen LogP contribution in [0, 0.1) is 11.2 Å². The highest BCUT2D eigenvalue weighted by atomic mass is 19.1. The summed E-state index contributed by atoms with van der Waals surface area (Å²) in [6.07, 6.45) is 3.85. The van der Waals surface area contributed by atoms with Crippen LogP contribution in [0.5, 0.6) is 0 Å². The third-order valence-electron chi connectivity index (χ3n) is 4.58. The maximum Gasteiger partial charge on any atom is 0.124 e. The molecule has 3 N–H and O–H groups in total. The number of likely N-dealkylation sites (tertiary alicyclic amines) is 2. The van der Waals surface area contributed by atoms with Gasteiger partial charge in [-0.15, -0.1) is 0 Å². The molecular weight excluding hydrogens is 267 g/mol. The van der Waals surface area contributed by atoms with Gasteiger partial charge in [-0.05, 0) is 56.1 Å². The minimum absolute atomic E-state index is 0.0767. The molecule has 2 heterocycles. The second-order valence-corrected chi connectivity index (χ2v) is 6.18. The molecule has 2 aliphatic rings. The Labute approximate surface area is 125 Å². The van der Waals surface area contributed by atoms with E-state index < -0.39 is 0 Å². The van der Waals surface area contributed by atoms with Crippen molar-refractivity contribution < 1.29 is 4.39 Å². The molecule has 4 nitrogen and oxygen atoms in total. The van der Waals surface area contributed by atoms with Crippen LogP contribution in [0.2, 0.25) is 0 Å². The molecule has 1 atom stereocenters. The van der Waals surface area contributed by atoms with E-state index in [-0.39, 0.29) is 11.7 Å². The summed E-state index contributed by atoms with van der Waals surface area (Å²) in [5.41, 5.74) is 6.84. The van der Waals surface area contributed by atoms with Crippen LogP contribution in [0.15, 0.2) is 18.2 Å². The standard InChI is InChI=1S/C16H23FN4/c17-14-8-12(7-13(9-14)16(18)19)10-20-6-3-15(11-20)21-4-1-2-5-21/h7-9,15H,1-6,10-11H2,(H3,18,19). The van der Waals surface area contributed by atoms with Gasteiger partial charge in [0.25, 0.3) is 0 Å². The minimum atomic E-state index is -0.312. The van der Waals surface area contributed by atoms with Gasteiger partial charge in [0.2, 0.25) is 0 Å². The Kier molecular flexibility index (Phi) is 4.22. The molecule has 0 aliphatic carbocycles. The lowest BCUT2D eigenvalue weighted by Gasteiger charge is -2.23. The largest absolute Gasteiger partial charge is 0.384 e. The van der Waals surface area contributed by atoms with Crippen molar-refractivity contribution in [3.8, 4) is 0 Å². The highest BCUT2D eigenvalue weighted by Gasteiger charge is 2.29. The van der Waals surface area contributed by atoms with Crippen LogP contribution >= 0.6 is 0 Å². The molecule has 0 aromatic heterocycles. The summed E-state index contributed by atoms with van der Waals surface area (Å²) in [5.74, 6) is -0.389. The van der Waals surface area contributed by atoms with Crippen molar-refractivity contribution in [2.24, 2.45) is 5.73 Å². The summed E-state index contributed by atoms with van der Waals surface area (Å²) in [5, 5.41) is 7.45. The Morgan fingerprint density at radius 1 is 1.24 bits per heavy atom. The number of benzene rings is 1. The first-order valence-corrected chi connectivity index (χ1v) is 7.72. The first kappa shape index (κ1) is 14.5. The number of hydrogen-bond acceptors (Lipinski definition) is 3. The summed E-state index contributed by atoms with van der Waals surface area (Å²) < 4.78 is 13.6. The smallest absolute Gasteiger partial charge is 0.124 e. The second-order valence-electron chi connectivity index (χ2n) is 6.18. The van der Waals surface area contributed by atoms with E-state index in [1.165, 1.54) is 38.4 Å². The van der Waals surface area contributed by atoms with E-state index in [2.05, 4.69) is 9.80 Å². The topological polar surface area (TPSA) is 56.4 Å². The predicted molar refractivity (Wildman–Crippen MR) is 81.9 cm³/mol. The van der Waals surface area contributed by atoms with Gasteiger partial charge in [-0.25, -0.2) is 4.39 Å². The van der Waals surface area contributed by atoms with Crippen LogP contribution in [0.4, 0.5) is 4.39 Å². The van der Waals surface area contributed by atoms with Crippen molar-refractivity contribution in [2.45, 2.75) is 31.8 Å². The molecule has 2 aliphatic heterocycles. The molecule has 0 bridgehead atoms. The van der Waals surface area contributed by atoms with E-state index in [0.717, 1.165) is 25.2 Å². The average Bonchev–Trinajstić information content (AvgIpc) is 3.08. The second kappa shape index (κ2) is 6.12. The molecule has 0 saturated carbocycles. The number of halogens is 1. The fraction of sp³-hybridized carbons (Fsp3) is 0.562. The van der Waals surface area contributed by atoms with Gasteiger partial charge < -0.3 is 5.73 Å². The van der Waals surface area contributed by atoms with Gasteiger partial charge >= 0.3 is 0 Å². The molecule has 0 amide bonds. The zero-order valence-corrected chi connectivity index (χ0v) is 12.3. The molecule has 21 heavy (non-hydrogen) atoms. The number of nitrogens with zero attached hydrogens (tertiary/aromatic N) is 2. The maximum atomic E-state index is 13.6. The van der Waals surface area contributed by atoms with E-state index in [1.54, 1.807) is 6.07 Å². The SMILES string of the molecule is N=C(N)c1cc(F)cc(CN2CCC(N3CCCC3)C2)c1. The zero-order chi connectivity index (χ0) is 14.8.